The molecule has 5 nitrogen and oxygen atoms in total. The maximum absolute atomic E-state index is 12.1. The van der Waals surface area contributed by atoms with Crippen molar-refractivity contribution in [3.63, 3.8) is 0 Å². The van der Waals surface area contributed by atoms with Crippen molar-refractivity contribution < 1.29 is 19.7 Å². The lowest BCUT2D eigenvalue weighted by atomic mass is 10.1. The molecule has 3 N–H and O–H groups in total. The number of nitrogens with one attached hydrogen (secondary N) is 1. The zero-order valence-corrected chi connectivity index (χ0v) is 11.3. The van der Waals surface area contributed by atoms with Crippen LogP contribution in [0.3, 0.4) is 0 Å². The molecule has 0 aromatic heterocycles. The Morgan fingerprint density at radius 1 is 1.20 bits per heavy atom. The van der Waals surface area contributed by atoms with Crippen molar-refractivity contribution in [3.8, 4) is 17.2 Å². The largest absolute Gasteiger partial charge is 0.508 e. The number of anilines is 1. The van der Waals surface area contributed by atoms with Gasteiger partial charge in [-0.05, 0) is 30.3 Å². The van der Waals surface area contributed by atoms with Crippen LogP contribution in [-0.4, -0.2) is 23.2 Å². The average Bonchev–Trinajstić information content (AvgIpc) is 2.43. The Hall–Kier alpha value is -2.40. The molecule has 0 bridgehead atoms. The van der Waals surface area contributed by atoms with E-state index in [-0.39, 0.29) is 17.1 Å². The summed E-state index contributed by atoms with van der Waals surface area (Å²) >= 11 is 5.97. The summed E-state index contributed by atoms with van der Waals surface area (Å²) in [5.74, 6) is -0.414. The van der Waals surface area contributed by atoms with Gasteiger partial charge >= 0.3 is 0 Å². The van der Waals surface area contributed by atoms with Gasteiger partial charge < -0.3 is 20.3 Å². The fourth-order valence-electron chi connectivity index (χ4n) is 1.62. The first-order valence-corrected chi connectivity index (χ1v) is 6.06. The van der Waals surface area contributed by atoms with Gasteiger partial charge in [0.05, 0.1) is 23.4 Å². The second-order valence-electron chi connectivity index (χ2n) is 4.00. The fourth-order valence-corrected chi connectivity index (χ4v) is 1.79. The van der Waals surface area contributed by atoms with Crippen LogP contribution in [0.2, 0.25) is 5.02 Å². The van der Waals surface area contributed by atoms with Gasteiger partial charge in [0, 0.05) is 6.07 Å². The van der Waals surface area contributed by atoms with Crippen LogP contribution in [0.5, 0.6) is 17.2 Å². The highest BCUT2D eigenvalue weighted by atomic mass is 35.5. The van der Waals surface area contributed by atoms with Gasteiger partial charge in [0.1, 0.15) is 17.2 Å². The summed E-state index contributed by atoms with van der Waals surface area (Å²) in [6.07, 6.45) is 0. The number of ether oxygens (including phenoxy) is 1. The number of methoxy groups -OCH3 is 1. The van der Waals surface area contributed by atoms with Crippen molar-refractivity contribution in [3.05, 3.63) is 47.0 Å². The number of carbonyl (C=O) groups is 1. The van der Waals surface area contributed by atoms with Crippen LogP contribution in [0.4, 0.5) is 5.69 Å². The zero-order chi connectivity index (χ0) is 14.7. The van der Waals surface area contributed by atoms with E-state index in [1.54, 1.807) is 18.2 Å². The Morgan fingerprint density at radius 2 is 1.95 bits per heavy atom. The van der Waals surface area contributed by atoms with Crippen LogP contribution in [0.15, 0.2) is 36.4 Å². The fraction of sp³-hybridized carbons (Fsp3) is 0.0714. The van der Waals surface area contributed by atoms with Crippen LogP contribution >= 0.6 is 11.6 Å². The summed E-state index contributed by atoms with van der Waals surface area (Å²) in [4.78, 5) is 12.1. The molecule has 0 aliphatic heterocycles. The standard InChI is InChI=1S/C14H12ClNO4/c1-20-9-3-4-11(15)12(7-9)16-14(19)10-6-8(17)2-5-13(10)18/h2-7,17-18H,1H3,(H,16,19). The molecular formula is C14H12ClNO4. The third-order valence-corrected chi connectivity index (χ3v) is 2.98. The number of aromatic hydroxyl groups is 2. The Bertz CT molecular complexity index is 658. The summed E-state index contributed by atoms with van der Waals surface area (Å²) in [7, 11) is 1.50. The van der Waals surface area contributed by atoms with Gasteiger partial charge in [-0.1, -0.05) is 11.6 Å². The number of halogens is 1. The molecule has 0 saturated heterocycles. The monoisotopic (exact) mass is 293 g/mol. The lowest BCUT2D eigenvalue weighted by molar-refractivity contribution is 0.102. The molecule has 0 aliphatic rings. The van der Waals surface area contributed by atoms with Crippen molar-refractivity contribution in [2.45, 2.75) is 0 Å². The van der Waals surface area contributed by atoms with E-state index < -0.39 is 5.91 Å². The van der Waals surface area contributed by atoms with Crippen molar-refractivity contribution >= 4 is 23.2 Å². The Labute approximate surface area is 120 Å². The molecular weight excluding hydrogens is 282 g/mol. The first kappa shape index (κ1) is 14.0. The number of phenols is 2. The summed E-state index contributed by atoms with van der Waals surface area (Å²) in [6.45, 7) is 0. The predicted molar refractivity (Wildman–Crippen MR) is 75.7 cm³/mol. The Morgan fingerprint density at radius 3 is 2.65 bits per heavy atom. The summed E-state index contributed by atoms with van der Waals surface area (Å²) in [5, 5.41) is 21.9. The van der Waals surface area contributed by atoms with Gasteiger partial charge in [0.25, 0.3) is 5.91 Å². The molecule has 2 rings (SSSR count). The van der Waals surface area contributed by atoms with Gasteiger partial charge in [0.2, 0.25) is 0 Å². The van der Waals surface area contributed by atoms with Crippen molar-refractivity contribution in [1.29, 1.82) is 0 Å². The maximum atomic E-state index is 12.1. The molecule has 20 heavy (non-hydrogen) atoms. The number of phenolic OH excluding ortho intramolecular Hbond substituents is 2. The average molecular weight is 294 g/mol. The summed E-state index contributed by atoms with van der Waals surface area (Å²) < 4.78 is 5.04. The van der Waals surface area contributed by atoms with Crippen LogP contribution in [-0.2, 0) is 0 Å². The number of rotatable bonds is 3. The Balaban J connectivity index is 2.30. The third kappa shape index (κ3) is 2.95. The van der Waals surface area contributed by atoms with Crippen LogP contribution in [0.25, 0.3) is 0 Å². The molecule has 0 heterocycles. The van der Waals surface area contributed by atoms with E-state index in [4.69, 9.17) is 16.3 Å². The minimum Gasteiger partial charge on any atom is -0.508 e. The number of carbonyl (C=O) groups excluding carboxylic acids is 1. The molecule has 104 valence electrons. The molecule has 0 unspecified atom stereocenters. The van der Waals surface area contributed by atoms with Gasteiger partial charge in [-0.2, -0.15) is 0 Å². The SMILES string of the molecule is COc1ccc(Cl)c(NC(=O)c2cc(O)ccc2O)c1. The topological polar surface area (TPSA) is 78.8 Å². The highest BCUT2D eigenvalue weighted by molar-refractivity contribution is 6.34. The van der Waals surface area contributed by atoms with Crippen LogP contribution < -0.4 is 10.1 Å². The second-order valence-corrected chi connectivity index (χ2v) is 4.41. The molecule has 2 aromatic rings. The smallest absolute Gasteiger partial charge is 0.259 e. The van der Waals surface area contributed by atoms with E-state index >= 15 is 0 Å². The van der Waals surface area contributed by atoms with Crippen molar-refractivity contribution in [2.75, 3.05) is 12.4 Å². The van der Waals surface area contributed by atoms with Crippen LogP contribution in [0.1, 0.15) is 10.4 Å². The number of amides is 1. The lowest BCUT2D eigenvalue weighted by Gasteiger charge is -2.10. The quantitative estimate of drug-likeness (QED) is 0.760. The normalized spacial score (nSPS) is 10.1. The highest BCUT2D eigenvalue weighted by Crippen LogP contribution is 2.28. The minimum atomic E-state index is -0.589. The number of benzene rings is 2. The Kier molecular flexibility index (Phi) is 4.00. The van der Waals surface area contributed by atoms with E-state index in [2.05, 4.69) is 5.32 Å². The van der Waals surface area contributed by atoms with Crippen molar-refractivity contribution in [1.82, 2.24) is 0 Å². The van der Waals surface area contributed by atoms with E-state index in [9.17, 15) is 15.0 Å². The van der Waals surface area contributed by atoms with Crippen molar-refractivity contribution in [2.24, 2.45) is 0 Å². The molecule has 0 saturated carbocycles. The summed E-state index contributed by atoms with van der Waals surface area (Å²) in [6, 6.07) is 8.48. The molecule has 6 heteroatoms. The van der Waals surface area contributed by atoms with Gasteiger partial charge in [-0.3, -0.25) is 4.79 Å². The summed E-state index contributed by atoms with van der Waals surface area (Å²) in [5.41, 5.74) is 0.294. The van der Waals surface area contributed by atoms with E-state index in [1.807, 2.05) is 0 Å². The molecule has 0 spiro atoms. The second kappa shape index (κ2) is 5.71. The van der Waals surface area contributed by atoms with Gasteiger partial charge in [0.15, 0.2) is 0 Å². The highest BCUT2D eigenvalue weighted by Gasteiger charge is 2.14. The minimum absolute atomic E-state index is 0.0520. The van der Waals surface area contributed by atoms with E-state index in [1.165, 1.54) is 25.3 Å². The molecule has 0 fully saturated rings. The molecule has 0 atom stereocenters. The predicted octanol–water partition coefficient (Wildman–Crippen LogP) is 3.01. The first-order valence-electron chi connectivity index (χ1n) is 5.68. The maximum Gasteiger partial charge on any atom is 0.259 e. The molecule has 1 amide bonds. The lowest BCUT2D eigenvalue weighted by Crippen LogP contribution is -2.12. The van der Waals surface area contributed by atoms with Gasteiger partial charge in [-0.15, -0.1) is 0 Å². The molecule has 0 aliphatic carbocycles. The molecule has 0 radical (unpaired) electrons. The van der Waals surface area contributed by atoms with E-state index in [0.29, 0.717) is 16.5 Å². The van der Waals surface area contributed by atoms with E-state index in [0.717, 1.165) is 0 Å². The van der Waals surface area contributed by atoms with Gasteiger partial charge in [-0.25, -0.2) is 0 Å². The third-order valence-electron chi connectivity index (χ3n) is 2.65. The zero-order valence-electron chi connectivity index (χ0n) is 10.6. The number of hydrogen-bond donors (Lipinski definition) is 3. The van der Waals surface area contributed by atoms with Crippen LogP contribution in [0, 0.1) is 0 Å². The number of hydrogen-bond acceptors (Lipinski definition) is 4. The first-order chi connectivity index (χ1) is 9.51. The molecule has 2 aromatic carbocycles.